The molecule has 0 spiro atoms. The molecule has 1 atom stereocenters. The van der Waals surface area contributed by atoms with Gasteiger partial charge in [0.05, 0.1) is 45.2 Å². The van der Waals surface area contributed by atoms with Crippen LogP contribution in [0.4, 0.5) is 0 Å². The summed E-state index contributed by atoms with van der Waals surface area (Å²) in [5.74, 6) is 0.429. The van der Waals surface area contributed by atoms with Gasteiger partial charge in [-0.05, 0) is 109 Å². The average molecular weight is 802 g/mol. The number of aromatic nitrogens is 1. The van der Waals surface area contributed by atoms with E-state index in [4.69, 9.17) is 18.9 Å². The first-order valence-electron chi connectivity index (χ1n) is 12.9. The van der Waals surface area contributed by atoms with E-state index in [0.29, 0.717) is 56.6 Å². The van der Waals surface area contributed by atoms with E-state index in [1.807, 2.05) is 32.0 Å². The van der Waals surface area contributed by atoms with Crippen LogP contribution in [-0.4, -0.2) is 36.3 Å². The van der Waals surface area contributed by atoms with E-state index in [0.717, 1.165) is 7.14 Å². The van der Waals surface area contributed by atoms with Crippen molar-refractivity contribution >= 4 is 74.5 Å². The Kier molecular flexibility index (Phi) is 10.3. The fraction of sp³-hybridized carbons (Fsp3) is 0.310. The maximum atomic E-state index is 14.1. The molecule has 0 saturated heterocycles. The van der Waals surface area contributed by atoms with Crippen molar-refractivity contribution in [2.24, 2.45) is 4.99 Å². The van der Waals surface area contributed by atoms with Crippen LogP contribution in [0.3, 0.4) is 0 Å². The van der Waals surface area contributed by atoms with Gasteiger partial charge in [-0.15, -0.1) is 0 Å². The minimum Gasteiger partial charge on any atom is -0.490 e. The van der Waals surface area contributed by atoms with Crippen molar-refractivity contribution in [2.45, 2.75) is 40.7 Å². The van der Waals surface area contributed by atoms with Crippen LogP contribution >= 0.6 is 56.5 Å². The third-order valence-corrected chi connectivity index (χ3v) is 8.38. The van der Waals surface area contributed by atoms with Crippen molar-refractivity contribution in [1.29, 1.82) is 0 Å². The molecule has 9 nitrogen and oxygen atoms in total. The summed E-state index contributed by atoms with van der Waals surface area (Å²) in [7, 11) is 0. The van der Waals surface area contributed by atoms with E-state index in [-0.39, 0.29) is 17.7 Å². The second kappa shape index (κ2) is 13.5. The maximum Gasteiger partial charge on any atom is 0.338 e. The molecule has 0 aliphatic carbocycles. The highest BCUT2D eigenvalue weighted by molar-refractivity contribution is 14.1. The maximum absolute atomic E-state index is 14.1. The van der Waals surface area contributed by atoms with Crippen LogP contribution in [-0.2, 0) is 14.3 Å². The van der Waals surface area contributed by atoms with Gasteiger partial charge in [-0.1, -0.05) is 17.4 Å². The lowest BCUT2D eigenvalue weighted by Crippen LogP contribution is -2.40. The first-order chi connectivity index (χ1) is 19.6. The normalized spacial score (nSPS) is 14.8. The molecule has 0 bridgehead atoms. The zero-order chi connectivity index (χ0) is 29.8. The minimum atomic E-state index is -0.814. The molecule has 0 unspecified atom stereocenters. The van der Waals surface area contributed by atoms with Crippen molar-refractivity contribution in [1.82, 2.24) is 4.57 Å². The third kappa shape index (κ3) is 6.69. The molecule has 1 aromatic heterocycles. The molecule has 3 aromatic rings. The monoisotopic (exact) mass is 802 g/mol. The minimum absolute atomic E-state index is 0.171. The molecule has 12 heteroatoms. The number of carbonyl (C=O) groups excluding carboxylic acids is 2. The van der Waals surface area contributed by atoms with Crippen LogP contribution in [0, 0.1) is 7.14 Å². The summed E-state index contributed by atoms with van der Waals surface area (Å²) in [4.78, 5) is 44.2. The molecule has 2 aromatic carbocycles. The van der Waals surface area contributed by atoms with Gasteiger partial charge in [-0.2, -0.15) is 0 Å². The zero-order valence-corrected chi connectivity index (χ0v) is 28.2. The molecule has 0 fully saturated rings. The molecule has 0 radical (unpaired) electrons. The van der Waals surface area contributed by atoms with Crippen LogP contribution in [0.1, 0.15) is 51.8 Å². The SMILES string of the molecule is CCOC(=O)C1=C(C)N=c2s/c(=C\c3cc(I)cc(I)c3OC(C)=O)c(=O)n2[C@@H]1c1ccc(OCC)c(OCC)c1. The van der Waals surface area contributed by atoms with Gasteiger partial charge in [-0.25, -0.2) is 9.79 Å². The summed E-state index contributed by atoms with van der Waals surface area (Å²) in [6.07, 6.45) is 1.69. The van der Waals surface area contributed by atoms with Gasteiger partial charge in [0.1, 0.15) is 0 Å². The molecule has 1 aliphatic rings. The lowest BCUT2D eigenvalue weighted by Gasteiger charge is -2.25. The summed E-state index contributed by atoms with van der Waals surface area (Å²) in [5, 5.41) is 0. The zero-order valence-electron chi connectivity index (χ0n) is 23.1. The van der Waals surface area contributed by atoms with Crippen molar-refractivity contribution < 1.29 is 28.5 Å². The fourth-order valence-electron chi connectivity index (χ4n) is 4.42. The van der Waals surface area contributed by atoms with Crippen molar-refractivity contribution in [3.63, 3.8) is 0 Å². The van der Waals surface area contributed by atoms with Gasteiger partial charge >= 0.3 is 11.9 Å². The number of nitrogens with zero attached hydrogens (tertiary/aromatic N) is 2. The highest BCUT2D eigenvalue weighted by Gasteiger charge is 2.34. The summed E-state index contributed by atoms with van der Waals surface area (Å²) in [6.45, 7) is 9.58. The van der Waals surface area contributed by atoms with Gasteiger partial charge in [0.2, 0.25) is 0 Å². The number of carbonyl (C=O) groups is 2. The Hall–Kier alpha value is -2.72. The predicted octanol–water partition coefficient (Wildman–Crippen LogP) is 4.73. The summed E-state index contributed by atoms with van der Waals surface area (Å²) >= 11 is 5.47. The molecule has 41 heavy (non-hydrogen) atoms. The Morgan fingerprint density at radius 3 is 2.41 bits per heavy atom. The Morgan fingerprint density at radius 2 is 1.76 bits per heavy atom. The predicted molar refractivity (Wildman–Crippen MR) is 172 cm³/mol. The third-order valence-electron chi connectivity index (χ3n) is 5.97. The highest BCUT2D eigenvalue weighted by atomic mass is 127. The van der Waals surface area contributed by atoms with E-state index in [1.165, 1.54) is 22.8 Å². The van der Waals surface area contributed by atoms with Gasteiger partial charge in [0.15, 0.2) is 22.0 Å². The Morgan fingerprint density at radius 1 is 1.05 bits per heavy atom. The Labute approximate surface area is 268 Å². The lowest BCUT2D eigenvalue weighted by atomic mass is 9.95. The van der Waals surface area contributed by atoms with Crippen LogP contribution in [0.25, 0.3) is 6.08 Å². The smallest absolute Gasteiger partial charge is 0.338 e. The number of ether oxygens (including phenoxy) is 4. The molecule has 0 N–H and O–H groups in total. The number of esters is 2. The topological polar surface area (TPSA) is 105 Å². The van der Waals surface area contributed by atoms with Gasteiger partial charge < -0.3 is 18.9 Å². The standard InChI is InChI=1S/C29H28I2N2O7S/c1-6-37-21-10-9-17(12-22(21)38-7-2)25-24(28(36)39-8-3)15(4)32-29-33(25)27(35)23(41-29)13-18-11-19(30)14-20(31)26(18)40-16(5)34/h9-14,25H,6-8H2,1-5H3/b23-13-/t25-/m1/s1. The molecule has 0 saturated carbocycles. The van der Waals surface area contributed by atoms with E-state index >= 15 is 0 Å². The van der Waals surface area contributed by atoms with E-state index in [9.17, 15) is 14.4 Å². The first kappa shape index (κ1) is 31.2. The largest absolute Gasteiger partial charge is 0.490 e. The number of allylic oxidation sites excluding steroid dienone is 1. The molecule has 0 amide bonds. The molecule has 2 heterocycles. The lowest BCUT2D eigenvalue weighted by molar-refractivity contribution is -0.139. The van der Waals surface area contributed by atoms with E-state index in [1.54, 1.807) is 32.1 Å². The van der Waals surface area contributed by atoms with Crippen LogP contribution in [0.15, 0.2) is 51.4 Å². The van der Waals surface area contributed by atoms with Crippen molar-refractivity contribution in [2.75, 3.05) is 19.8 Å². The Balaban J connectivity index is 1.99. The molecule has 4 rings (SSSR count). The molecular formula is C29H28I2N2O7S. The number of thiazole rings is 1. The summed E-state index contributed by atoms with van der Waals surface area (Å²) < 4.78 is 26.0. The van der Waals surface area contributed by atoms with Gasteiger partial charge in [0.25, 0.3) is 5.56 Å². The van der Waals surface area contributed by atoms with Gasteiger partial charge in [0, 0.05) is 16.1 Å². The number of halogens is 2. The Bertz CT molecular complexity index is 1730. The van der Waals surface area contributed by atoms with Crippen LogP contribution < -0.4 is 29.1 Å². The fourth-order valence-corrected chi connectivity index (χ4v) is 7.46. The summed E-state index contributed by atoms with van der Waals surface area (Å²) in [6, 6.07) is 8.29. The number of hydrogen-bond donors (Lipinski definition) is 0. The number of rotatable bonds is 9. The number of hydrogen-bond acceptors (Lipinski definition) is 9. The second-order valence-corrected chi connectivity index (χ2v) is 12.2. The van der Waals surface area contributed by atoms with E-state index in [2.05, 4.69) is 50.2 Å². The van der Waals surface area contributed by atoms with Crippen molar-refractivity contribution in [3.05, 3.63) is 79.6 Å². The quantitative estimate of drug-likeness (QED) is 0.175. The average Bonchev–Trinajstić information content (AvgIpc) is 3.20. The number of benzene rings is 2. The summed E-state index contributed by atoms with van der Waals surface area (Å²) in [5.41, 5.74) is 1.60. The molecular weight excluding hydrogens is 774 g/mol. The van der Waals surface area contributed by atoms with Crippen LogP contribution in [0.5, 0.6) is 17.2 Å². The van der Waals surface area contributed by atoms with Gasteiger partial charge in [-0.3, -0.25) is 14.2 Å². The van der Waals surface area contributed by atoms with Crippen LogP contribution in [0.2, 0.25) is 0 Å². The van der Waals surface area contributed by atoms with E-state index < -0.39 is 18.0 Å². The highest BCUT2D eigenvalue weighted by Crippen LogP contribution is 2.36. The molecule has 216 valence electrons. The number of fused-ring (bicyclic) bond motifs is 1. The van der Waals surface area contributed by atoms with Crippen molar-refractivity contribution in [3.8, 4) is 17.2 Å². The second-order valence-electron chi connectivity index (χ2n) is 8.77. The first-order valence-corrected chi connectivity index (χ1v) is 15.8. The molecule has 1 aliphatic heterocycles.